The van der Waals surface area contributed by atoms with Crippen LogP contribution in [0.25, 0.3) is 0 Å². The van der Waals surface area contributed by atoms with Gasteiger partial charge in [-0.25, -0.2) is 0 Å². The summed E-state index contributed by atoms with van der Waals surface area (Å²) in [6.45, 7) is 4.14. The summed E-state index contributed by atoms with van der Waals surface area (Å²) in [7, 11) is 0. The molecular weight excluding hydrogens is 232 g/mol. The van der Waals surface area contributed by atoms with Gasteiger partial charge in [-0.2, -0.15) is 0 Å². The van der Waals surface area contributed by atoms with Crippen molar-refractivity contribution in [2.24, 2.45) is 4.99 Å². The first kappa shape index (κ1) is 13.1. The van der Waals surface area contributed by atoms with Gasteiger partial charge in [-0.3, -0.25) is 4.99 Å². The Hall–Kier alpha value is -2.35. The molecule has 2 aromatic rings. The van der Waals surface area contributed by atoms with E-state index in [-0.39, 0.29) is 0 Å². The molecule has 0 fully saturated rings. The van der Waals surface area contributed by atoms with Gasteiger partial charge in [0.2, 0.25) is 0 Å². The third-order valence-corrected chi connectivity index (χ3v) is 2.68. The maximum absolute atomic E-state index is 4.36. The highest BCUT2D eigenvalue weighted by Crippen LogP contribution is 2.12. The van der Waals surface area contributed by atoms with E-state index in [0.29, 0.717) is 0 Å². The SMILES string of the molecule is Cc1cccc(N=CC=CNc2cccc(C)c2)c1. The highest BCUT2D eigenvalue weighted by molar-refractivity contribution is 5.75. The molecule has 0 heterocycles. The quantitative estimate of drug-likeness (QED) is 0.786. The zero-order valence-electron chi connectivity index (χ0n) is 11.3. The zero-order valence-corrected chi connectivity index (χ0v) is 11.3. The summed E-state index contributed by atoms with van der Waals surface area (Å²) >= 11 is 0. The second-order valence-corrected chi connectivity index (χ2v) is 4.49. The molecule has 0 aliphatic rings. The van der Waals surface area contributed by atoms with E-state index >= 15 is 0 Å². The third kappa shape index (κ3) is 4.43. The lowest BCUT2D eigenvalue weighted by atomic mass is 10.2. The first-order chi connectivity index (χ1) is 9.24. The van der Waals surface area contributed by atoms with Crippen molar-refractivity contribution in [3.05, 3.63) is 71.9 Å². The summed E-state index contributed by atoms with van der Waals surface area (Å²) in [5, 5.41) is 3.21. The predicted molar refractivity (Wildman–Crippen MR) is 83.3 cm³/mol. The van der Waals surface area contributed by atoms with Crippen molar-refractivity contribution in [2.45, 2.75) is 13.8 Å². The van der Waals surface area contributed by atoms with Crippen LogP contribution in [0.5, 0.6) is 0 Å². The molecule has 0 aliphatic carbocycles. The van der Waals surface area contributed by atoms with Crippen LogP contribution >= 0.6 is 0 Å². The van der Waals surface area contributed by atoms with Crippen molar-refractivity contribution in [3.63, 3.8) is 0 Å². The lowest BCUT2D eigenvalue weighted by Crippen LogP contribution is -1.87. The summed E-state index contributed by atoms with van der Waals surface area (Å²) in [5.74, 6) is 0. The van der Waals surface area contributed by atoms with Crippen molar-refractivity contribution in [2.75, 3.05) is 5.32 Å². The van der Waals surface area contributed by atoms with Gasteiger partial charge in [0.05, 0.1) is 5.69 Å². The molecule has 0 amide bonds. The average molecular weight is 250 g/mol. The topological polar surface area (TPSA) is 24.4 Å². The number of nitrogens with one attached hydrogen (secondary N) is 1. The van der Waals surface area contributed by atoms with Gasteiger partial charge < -0.3 is 5.32 Å². The average Bonchev–Trinajstić information content (AvgIpc) is 2.38. The summed E-state index contributed by atoms with van der Waals surface area (Å²) in [6.07, 6.45) is 5.57. The predicted octanol–water partition coefficient (Wildman–Crippen LogP) is 4.63. The highest BCUT2D eigenvalue weighted by Gasteiger charge is 1.88. The largest absolute Gasteiger partial charge is 0.362 e. The van der Waals surface area contributed by atoms with Crippen LogP contribution in [0, 0.1) is 13.8 Å². The molecule has 19 heavy (non-hydrogen) atoms. The molecule has 0 spiro atoms. The molecule has 2 rings (SSSR count). The Balaban J connectivity index is 1.90. The minimum atomic E-state index is 0.972. The van der Waals surface area contributed by atoms with E-state index in [4.69, 9.17) is 0 Å². The van der Waals surface area contributed by atoms with Crippen LogP contribution in [0.2, 0.25) is 0 Å². The van der Waals surface area contributed by atoms with Crippen LogP contribution in [0.3, 0.4) is 0 Å². The normalized spacial score (nSPS) is 11.3. The molecule has 0 aromatic heterocycles. The Morgan fingerprint density at radius 1 is 0.947 bits per heavy atom. The Morgan fingerprint density at radius 2 is 1.68 bits per heavy atom. The monoisotopic (exact) mass is 250 g/mol. The second kappa shape index (κ2) is 6.55. The fourth-order valence-electron chi connectivity index (χ4n) is 1.76. The number of allylic oxidation sites excluding steroid dienone is 1. The molecule has 96 valence electrons. The standard InChI is InChI=1S/C17H18N2/c1-14-6-3-8-16(12-14)18-10-5-11-19-17-9-4-7-15(2)13-17/h3-13,18H,1-2H3. The first-order valence-corrected chi connectivity index (χ1v) is 6.33. The van der Waals surface area contributed by atoms with Crippen molar-refractivity contribution in [1.29, 1.82) is 0 Å². The Bertz CT molecular complexity index is 598. The number of hydrogen-bond donors (Lipinski definition) is 1. The minimum absolute atomic E-state index is 0.972. The van der Waals surface area contributed by atoms with Crippen molar-refractivity contribution in [1.82, 2.24) is 0 Å². The number of aryl methyl sites for hydroxylation is 2. The lowest BCUT2D eigenvalue weighted by Gasteiger charge is -2.00. The number of anilines is 1. The first-order valence-electron chi connectivity index (χ1n) is 6.33. The third-order valence-electron chi connectivity index (χ3n) is 2.68. The van der Waals surface area contributed by atoms with E-state index in [1.165, 1.54) is 11.1 Å². The van der Waals surface area contributed by atoms with Gasteiger partial charge >= 0.3 is 0 Å². The number of hydrogen-bond acceptors (Lipinski definition) is 2. The summed E-state index contributed by atoms with van der Waals surface area (Å²) < 4.78 is 0. The van der Waals surface area contributed by atoms with E-state index in [0.717, 1.165) is 11.4 Å². The van der Waals surface area contributed by atoms with E-state index in [1.807, 2.05) is 36.5 Å². The lowest BCUT2D eigenvalue weighted by molar-refractivity contribution is 1.43. The summed E-state index contributed by atoms with van der Waals surface area (Å²) in [5.41, 5.74) is 4.52. The summed E-state index contributed by atoms with van der Waals surface area (Å²) in [4.78, 5) is 4.36. The Kier molecular flexibility index (Phi) is 4.51. The van der Waals surface area contributed by atoms with Crippen LogP contribution in [-0.4, -0.2) is 6.21 Å². The number of nitrogens with zero attached hydrogens (tertiary/aromatic N) is 1. The van der Waals surface area contributed by atoms with Gasteiger partial charge in [-0.05, 0) is 55.3 Å². The molecule has 1 N–H and O–H groups in total. The van der Waals surface area contributed by atoms with E-state index in [9.17, 15) is 0 Å². The van der Waals surface area contributed by atoms with Crippen LogP contribution in [0.1, 0.15) is 11.1 Å². The number of benzene rings is 2. The highest BCUT2D eigenvalue weighted by atomic mass is 14.8. The molecule has 2 nitrogen and oxygen atoms in total. The van der Waals surface area contributed by atoms with Crippen LogP contribution in [-0.2, 0) is 0 Å². The Labute approximate surface area is 114 Å². The minimum Gasteiger partial charge on any atom is -0.362 e. The molecule has 0 aliphatic heterocycles. The molecular formula is C17H18N2. The molecule has 0 atom stereocenters. The number of rotatable bonds is 4. The fraction of sp³-hybridized carbons (Fsp3) is 0.118. The molecule has 0 unspecified atom stereocenters. The van der Waals surface area contributed by atoms with Crippen LogP contribution in [0.15, 0.2) is 65.8 Å². The van der Waals surface area contributed by atoms with Gasteiger partial charge in [0.25, 0.3) is 0 Å². The molecule has 2 aromatic carbocycles. The van der Waals surface area contributed by atoms with Crippen LogP contribution < -0.4 is 5.32 Å². The van der Waals surface area contributed by atoms with Gasteiger partial charge in [-0.15, -0.1) is 0 Å². The molecule has 0 radical (unpaired) electrons. The number of aliphatic imine (C=N–C) groups is 1. The van der Waals surface area contributed by atoms with Crippen molar-refractivity contribution >= 4 is 17.6 Å². The molecule has 2 heteroatoms. The zero-order chi connectivity index (χ0) is 13.5. The molecule has 0 bridgehead atoms. The van der Waals surface area contributed by atoms with Crippen LogP contribution in [0.4, 0.5) is 11.4 Å². The maximum atomic E-state index is 4.36. The van der Waals surface area contributed by atoms with Gasteiger partial charge in [-0.1, -0.05) is 24.3 Å². The van der Waals surface area contributed by atoms with Gasteiger partial charge in [0.15, 0.2) is 0 Å². The van der Waals surface area contributed by atoms with E-state index < -0.39 is 0 Å². The van der Waals surface area contributed by atoms with Gasteiger partial charge in [0, 0.05) is 18.1 Å². The van der Waals surface area contributed by atoms with E-state index in [2.05, 4.69) is 48.4 Å². The maximum Gasteiger partial charge on any atom is 0.0632 e. The molecule has 0 saturated carbocycles. The summed E-state index contributed by atoms with van der Waals surface area (Å²) in [6, 6.07) is 16.4. The smallest absolute Gasteiger partial charge is 0.0632 e. The van der Waals surface area contributed by atoms with Crippen molar-refractivity contribution < 1.29 is 0 Å². The van der Waals surface area contributed by atoms with Gasteiger partial charge in [0.1, 0.15) is 0 Å². The Morgan fingerprint density at radius 3 is 2.42 bits per heavy atom. The second-order valence-electron chi connectivity index (χ2n) is 4.49. The van der Waals surface area contributed by atoms with Crippen molar-refractivity contribution in [3.8, 4) is 0 Å². The molecule has 0 saturated heterocycles. The fourth-order valence-corrected chi connectivity index (χ4v) is 1.76. The van der Waals surface area contributed by atoms with E-state index in [1.54, 1.807) is 6.21 Å².